The van der Waals surface area contributed by atoms with Crippen molar-refractivity contribution < 1.29 is 9.90 Å². The Labute approximate surface area is 120 Å². The monoisotopic (exact) mass is 283 g/mol. The van der Waals surface area contributed by atoms with Gasteiger partial charge in [-0.25, -0.2) is 14.8 Å². The van der Waals surface area contributed by atoms with Crippen molar-refractivity contribution in [1.29, 1.82) is 0 Å². The molecule has 0 radical (unpaired) electrons. The maximum absolute atomic E-state index is 11.2. The van der Waals surface area contributed by atoms with E-state index in [9.17, 15) is 4.79 Å². The van der Waals surface area contributed by atoms with Crippen molar-refractivity contribution in [1.82, 2.24) is 19.7 Å². The van der Waals surface area contributed by atoms with Gasteiger partial charge in [0.05, 0.1) is 17.1 Å². The predicted octanol–water partition coefficient (Wildman–Crippen LogP) is 2.11. The molecule has 21 heavy (non-hydrogen) atoms. The van der Waals surface area contributed by atoms with Crippen LogP contribution in [0.4, 0.5) is 11.5 Å². The Kier molecular flexibility index (Phi) is 3.02. The molecule has 0 amide bonds. The molecule has 3 aromatic rings. The number of hydrogen-bond acceptors (Lipinski definition) is 5. The third kappa shape index (κ3) is 2.29. The molecule has 2 N–H and O–H groups in total. The number of carboxylic acid groups (broad SMARTS) is 1. The van der Waals surface area contributed by atoms with Crippen LogP contribution in [0.2, 0.25) is 0 Å². The topological polar surface area (TPSA) is 92.9 Å². The average Bonchev–Trinajstić information content (AvgIpc) is 2.84. The highest BCUT2D eigenvalue weighted by Gasteiger charge is 2.11. The Hall–Kier alpha value is -2.96. The highest BCUT2D eigenvalue weighted by Crippen LogP contribution is 2.23. The molecule has 2 aromatic heterocycles. The zero-order valence-corrected chi connectivity index (χ0v) is 11.5. The number of aryl methyl sites for hydroxylation is 2. The number of benzene rings is 1. The maximum Gasteiger partial charge on any atom is 0.336 e. The summed E-state index contributed by atoms with van der Waals surface area (Å²) in [7, 11) is 1.80. The first-order chi connectivity index (χ1) is 10.1. The number of nitrogens with zero attached hydrogens (tertiary/aromatic N) is 4. The van der Waals surface area contributed by atoms with E-state index in [-0.39, 0.29) is 5.56 Å². The molecule has 0 saturated carbocycles. The lowest BCUT2D eigenvalue weighted by atomic mass is 10.1. The summed E-state index contributed by atoms with van der Waals surface area (Å²) in [6, 6.07) is 5.15. The Morgan fingerprint density at radius 3 is 2.90 bits per heavy atom. The molecular formula is C14H13N5O2. The maximum atomic E-state index is 11.2. The van der Waals surface area contributed by atoms with Crippen molar-refractivity contribution in [2.75, 3.05) is 5.32 Å². The Morgan fingerprint density at radius 1 is 1.33 bits per heavy atom. The second-order valence-electron chi connectivity index (χ2n) is 4.69. The third-order valence-electron chi connectivity index (χ3n) is 3.26. The molecule has 3 rings (SSSR count). The standard InChI is InChI=1S/C14H13N5O2/c1-8-3-4-9(5-10(8)14(20)21)18-12-11-6-17-19(2)13(11)16-7-15-12/h3-7H,1-2H3,(H,20,21)(H,15,16,18). The molecule has 0 atom stereocenters. The lowest BCUT2D eigenvalue weighted by Gasteiger charge is -2.08. The van der Waals surface area contributed by atoms with Gasteiger partial charge in [0.25, 0.3) is 0 Å². The van der Waals surface area contributed by atoms with Gasteiger partial charge in [-0.2, -0.15) is 5.10 Å². The molecule has 0 saturated heterocycles. The first-order valence-electron chi connectivity index (χ1n) is 6.30. The molecule has 1 aromatic carbocycles. The van der Waals surface area contributed by atoms with Crippen LogP contribution in [0.3, 0.4) is 0 Å². The number of aromatic carboxylic acids is 1. The summed E-state index contributed by atoms with van der Waals surface area (Å²) in [6.45, 7) is 1.76. The lowest BCUT2D eigenvalue weighted by Crippen LogP contribution is -2.02. The van der Waals surface area contributed by atoms with Gasteiger partial charge in [0.15, 0.2) is 5.65 Å². The van der Waals surface area contributed by atoms with Crippen LogP contribution >= 0.6 is 0 Å². The zero-order valence-electron chi connectivity index (χ0n) is 11.5. The van der Waals surface area contributed by atoms with Crippen LogP contribution in [0.5, 0.6) is 0 Å². The van der Waals surface area contributed by atoms with E-state index in [1.165, 1.54) is 6.33 Å². The molecule has 0 fully saturated rings. The number of hydrogen-bond donors (Lipinski definition) is 2. The molecule has 0 bridgehead atoms. The van der Waals surface area contributed by atoms with Crippen LogP contribution in [0, 0.1) is 6.92 Å². The second-order valence-corrected chi connectivity index (χ2v) is 4.69. The molecule has 0 unspecified atom stereocenters. The number of carbonyl (C=O) groups is 1. The van der Waals surface area contributed by atoms with Gasteiger partial charge in [0, 0.05) is 12.7 Å². The number of fused-ring (bicyclic) bond motifs is 1. The number of anilines is 2. The molecule has 0 aliphatic heterocycles. The van der Waals surface area contributed by atoms with Crippen molar-refractivity contribution in [2.24, 2.45) is 7.05 Å². The average molecular weight is 283 g/mol. The zero-order chi connectivity index (χ0) is 15.0. The minimum atomic E-state index is -0.953. The van der Waals surface area contributed by atoms with Crippen LogP contribution in [-0.2, 0) is 7.05 Å². The van der Waals surface area contributed by atoms with Crippen molar-refractivity contribution >= 4 is 28.5 Å². The smallest absolute Gasteiger partial charge is 0.336 e. The molecule has 0 aliphatic rings. The summed E-state index contributed by atoms with van der Waals surface area (Å²) < 4.78 is 1.65. The molecule has 0 spiro atoms. The van der Waals surface area contributed by atoms with Gasteiger partial charge in [-0.15, -0.1) is 0 Å². The normalized spacial score (nSPS) is 10.8. The van der Waals surface area contributed by atoms with Crippen molar-refractivity contribution in [3.63, 3.8) is 0 Å². The second kappa shape index (κ2) is 4.86. The highest BCUT2D eigenvalue weighted by atomic mass is 16.4. The lowest BCUT2D eigenvalue weighted by molar-refractivity contribution is 0.0696. The quantitative estimate of drug-likeness (QED) is 0.764. The van der Waals surface area contributed by atoms with Gasteiger partial charge in [0.2, 0.25) is 0 Å². The molecule has 0 aliphatic carbocycles. The molecular weight excluding hydrogens is 270 g/mol. The molecule has 106 valence electrons. The van der Waals surface area contributed by atoms with E-state index in [0.717, 1.165) is 5.39 Å². The summed E-state index contributed by atoms with van der Waals surface area (Å²) in [5.41, 5.74) is 2.33. The molecule has 7 nitrogen and oxygen atoms in total. The fraction of sp³-hybridized carbons (Fsp3) is 0.143. The fourth-order valence-electron chi connectivity index (χ4n) is 2.13. The molecule has 2 heterocycles. The fourth-order valence-corrected chi connectivity index (χ4v) is 2.13. The SMILES string of the molecule is Cc1ccc(Nc2ncnc3c2cnn3C)cc1C(=O)O. The summed E-state index contributed by atoms with van der Waals surface area (Å²) in [6.07, 6.45) is 3.11. The molecule has 7 heteroatoms. The number of carboxylic acids is 1. The number of aromatic nitrogens is 4. The Bertz CT molecular complexity index is 840. The summed E-state index contributed by atoms with van der Waals surface area (Å²) in [4.78, 5) is 19.5. The highest BCUT2D eigenvalue weighted by molar-refractivity contribution is 5.92. The van der Waals surface area contributed by atoms with Crippen LogP contribution < -0.4 is 5.32 Å². The van der Waals surface area contributed by atoms with E-state index in [4.69, 9.17) is 5.11 Å². The minimum Gasteiger partial charge on any atom is -0.478 e. The van der Waals surface area contributed by atoms with Crippen molar-refractivity contribution in [3.05, 3.63) is 41.9 Å². The summed E-state index contributed by atoms with van der Waals surface area (Å²) >= 11 is 0. The first-order valence-corrected chi connectivity index (χ1v) is 6.30. The van der Waals surface area contributed by atoms with Crippen LogP contribution in [0.1, 0.15) is 15.9 Å². The van der Waals surface area contributed by atoms with Gasteiger partial charge in [0.1, 0.15) is 12.1 Å². The minimum absolute atomic E-state index is 0.261. The number of nitrogens with one attached hydrogen (secondary N) is 1. The van der Waals surface area contributed by atoms with Gasteiger partial charge < -0.3 is 10.4 Å². The van der Waals surface area contributed by atoms with Gasteiger partial charge in [-0.3, -0.25) is 4.68 Å². The van der Waals surface area contributed by atoms with E-state index in [1.54, 1.807) is 37.0 Å². The Balaban J connectivity index is 2.03. The van der Waals surface area contributed by atoms with E-state index in [1.807, 2.05) is 6.07 Å². The van der Waals surface area contributed by atoms with Gasteiger partial charge >= 0.3 is 5.97 Å². The van der Waals surface area contributed by atoms with E-state index in [0.29, 0.717) is 22.7 Å². The third-order valence-corrected chi connectivity index (χ3v) is 3.26. The van der Waals surface area contributed by atoms with E-state index in [2.05, 4.69) is 20.4 Å². The van der Waals surface area contributed by atoms with Crippen LogP contribution in [0.25, 0.3) is 11.0 Å². The van der Waals surface area contributed by atoms with Crippen LogP contribution in [-0.4, -0.2) is 30.8 Å². The van der Waals surface area contributed by atoms with Crippen molar-refractivity contribution in [2.45, 2.75) is 6.92 Å². The van der Waals surface area contributed by atoms with E-state index >= 15 is 0 Å². The first kappa shape index (κ1) is 13.0. The largest absolute Gasteiger partial charge is 0.478 e. The summed E-state index contributed by atoms with van der Waals surface area (Å²) in [5.74, 6) is -0.362. The predicted molar refractivity (Wildman–Crippen MR) is 77.7 cm³/mol. The summed E-state index contributed by atoms with van der Waals surface area (Å²) in [5, 5.41) is 17.2. The number of rotatable bonds is 3. The van der Waals surface area contributed by atoms with Crippen LogP contribution in [0.15, 0.2) is 30.7 Å². The van der Waals surface area contributed by atoms with Gasteiger partial charge in [-0.05, 0) is 24.6 Å². The van der Waals surface area contributed by atoms with Crippen molar-refractivity contribution in [3.8, 4) is 0 Å². The van der Waals surface area contributed by atoms with E-state index < -0.39 is 5.97 Å². The van der Waals surface area contributed by atoms with Gasteiger partial charge in [-0.1, -0.05) is 6.07 Å². The Morgan fingerprint density at radius 2 is 2.14 bits per heavy atom.